The van der Waals surface area contributed by atoms with E-state index < -0.39 is 5.41 Å². The lowest BCUT2D eigenvalue weighted by Crippen LogP contribution is -2.52. The Morgan fingerprint density at radius 3 is 2.65 bits per heavy atom. The molecule has 0 bridgehead atoms. The number of nitrogens with two attached hydrogens (primary N) is 1. The standard InChI is InChI=1S/C19H27ClFN3O2/c20-16-2-1-3-17(21)15(16)12-24-8-4-14(5-9-24)23-13-19(18(22)25)6-10-26-11-7-19/h1-3,14,23H,4-13H2,(H2,22,25). The Morgan fingerprint density at radius 1 is 1.35 bits per heavy atom. The number of hydrogen-bond acceptors (Lipinski definition) is 4. The number of likely N-dealkylation sites (tertiary alicyclic amines) is 1. The minimum atomic E-state index is -0.490. The van der Waals surface area contributed by atoms with Gasteiger partial charge in [-0.05, 0) is 50.9 Å². The van der Waals surface area contributed by atoms with Crippen LogP contribution in [-0.4, -0.2) is 49.7 Å². The smallest absolute Gasteiger partial charge is 0.225 e. The summed E-state index contributed by atoms with van der Waals surface area (Å²) in [5.74, 6) is -0.486. The number of ether oxygens (including phenoxy) is 1. The summed E-state index contributed by atoms with van der Waals surface area (Å²) < 4.78 is 19.3. The molecule has 2 aliphatic heterocycles. The van der Waals surface area contributed by atoms with Crippen molar-refractivity contribution in [2.24, 2.45) is 11.1 Å². The van der Waals surface area contributed by atoms with Gasteiger partial charge in [0.25, 0.3) is 0 Å². The van der Waals surface area contributed by atoms with Crippen molar-refractivity contribution in [2.45, 2.75) is 38.3 Å². The molecule has 2 heterocycles. The fraction of sp³-hybridized carbons (Fsp3) is 0.632. The zero-order valence-electron chi connectivity index (χ0n) is 15.0. The van der Waals surface area contributed by atoms with Gasteiger partial charge in [0.15, 0.2) is 0 Å². The van der Waals surface area contributed by atoms with Crippen molar-refractivity contribution in [3.05, 3.63) is 34.6 Å². The van der Waals surface area contributed by atoms with Gasteiger partial charge in [0.2, 0.25) is 5.91 Å². The molecular formula is C19H27ClFN3O2. The summed E-state index contributed by atoms with van der Waals surface area (Å²) in [6, 6.07) is 5.15. The number of amides is 1. The second-order valence-corrected chi connectivity index (χ2v) is 7.80. The van der Waals surface area contributed by atoms with Gasteiger partial charge >= 0.3 is 0 Å². The molecule has 7 heteroatoms. The third-order valence-electron chi connectivity index (χ3n) is 5.73. The van der Waals surface area contributed by atoms with Crippen molar-refractivity contribution in [1.29, 1.82) is 0 Å². The van der Waals surface area contributed by atoms with Crippen LogP contribution in [0, 0.1) is 11.2 Å². The Morgan fingerprint density at radius 2 is 2.04 bits per heavy atom. The predicted molar refractivity (Wildman–Crippen MR) is 99.4 cm³/mol. The van der Waals surface area contributed by atoms with Crippen molar-refractivity contribution in [3.8, 4) is 0 Å². The highest BCUT2D eigenvalue weighted by Crippen LogP contribution is 2.30. The lowest BCUT2D eigenvalue weighted by molar-refractivity contribution is -0.133. The largest absolute Gasteiger partial charge is 0.381 e. The normalized spacial score (nSPS) is 21.6. The number of carbonyl (C=O) groups is 1. The third-order valence-corrected chi connectivity index (χ3v) is 6.09. The zero-order valence-corrected chi connectivity index (χ0v) is 15.7. The molecule has 3 rings (SSSR count). The Kier molecular flexibility index (Phi) is 6.51. The van der Waals surface area contributed by atoms with E-state index in [2.05, 4.69) is 10.2 Å². The van der Waals surface area contributed by atoms with Crippen LogP contribution in [0.3, 0.4) is 0 Å². The molecule has 0 aromatic heterocycles. The van der Waals surface area contributed by atoms with E-state index in [0.29, 0.717) is 55.8 Å². The quantitative estimate of drug-likeness (QED) is 0.791. The first-order valence-corrected chi connectivity index (χ1v) is 9.64. The van der Waals surface area contributed by atoms with Crippen LogP contribution in [0.4, 0.5) is 4.39 Å². The van der Waals surface area contributed by atoms with Crippen LogP contribution in [0.1, 0.15) is 31.2 Å². The number of piperidine rings is 1. The molecule has 0 atom stereocenters. The van der Waals surface area contributed by atoms with E-state index in [1.807, 2.05) is 0 Å². The van der Waals surface area contributed by atoms with Crippen LogP contribution < -0.4 is 11.1 Å². The van der Waals surface area contributed by atoms with E-state index in [4.69, 9.17) is 22.1 Å². The first-order chi connectivity index (χ1) is 12.5. The Bertz CT molecular complexity index is 609. The summed E-state index contributed by atoms with van der Waals surface area (Å²) in [4.78, 5) is 14.2. The average Bonchev–Trinajstić information content (AvgIpc) is 2.65. The van der Waals surface area contributed by atoms with E-state index in [0.717, 1.165) is 25.9 Å². The highest BCUT2D eigenvalue weighted by atomic mass is 35.5. The number of nitrogens with zero attached hydrogens (tertiary/aromatic N) is 1. The molecule has 1 aromatic carbocycles. The van der Waals surface area contributed by atoms with Crippen LogP contribution in [0.5, 0.6) is 0 Å². The number of benzene rings is 1. The lowest BCUT2D eigenvalue weighted by Gasteiger charge is -2.38. The average molecular weight is 384 g/mol. The van der Waals surface area contributed by atoms with Gasteiger partial charge in [0.05, 0.1) is 5.41 Å². The van der Waals surface area contributed by atoms with Gasteiger partial charge in [-0.2, -0.15) is 0 Å². The van der Waals surface area contributed by atoms with E-state index in [-0.39, 0.29) is 11.7 Å². The second kappa shape index (κ2) is 8.65. The molecule has 3 N–H and O–H groups in total. The lowest BCUT2D eigenvalue weighted by atomic mass is 9.79. The summed E-state index contributed by atoms with van der Waals surface area (Å²) in [5.41, 5.74) is 5.74. The molecule has 0 saturated carbocycles. The molecule has 0 unspecified atom stereocenters. The van der Waals surface area contributed by atoms with Crippen LogP contribution >= 0.6 is 11.6 Å². The number of hydrogen-bond donors (Lipinski definition) is 2. The maximum Gasteiger partial charge on any atom is 0.225 e. The van der Waals surface area contributed by atoms with Crippen LogP contribution in [0.2, 0.25) is 5.02 Å². The van der Waals surface area contributed by atoms with E-state index in [1.165, 1.54) is 6.07 Å². The van der Waals surface area contributed by atoms with Crippen LogP contribution in [0.15, 0.2) is 18.2 Å². The fourth-order valence-corrected chi connectivity index (χ4v) is 4.04. The molecule has 0 spiro atoms. The number of halogens is 2. The Labute approximate surface area is 159 Å². The summed E-state index contributed by atoms with van der Waals surface area (Å²) in [6.07, 6.45) is 3.27. The second-order valence-electron chi connectivity index (χ2n) is 7.39. The molecular weight excluding hydrogens is 357 g/mol. The SMILES string of the molecule is NC(=O)C1(CNC2CCN(Cc3c(F)cccc3Cl)CC2)CCOCC1. The van der Waals surface area contributed by atoms with Gasteiger partial charge in [-0.3, -0.25) is 9.69 Å². The highest BCUT2D eigenvalue weighted by molar-refractivity contribution is 6.31. The van der Waals surface area contributed by atoms with Gasteiger partial charge in [-0.15, -0.1) is 0 Å². The first kappa shape index (κ1) is 19.5. The molecule has 0 radical (unpaired) electrons. The first-order valence-electron chi connectivity index (χ1n) is 9.26. The molecule has 2 fully saturated rings. The summed E-state index contributed by atoms with van der Waals surface area (Å²) in [7, 11) is 0. The minimum Gasteiger partial charge on any atom is -0.381 e. The van der Waals surface area contributed by atoms with Crippen molar-refractivity contribution >= 4 is 17.5 Å². The van der Waals surface area contributed by atoms with Crippen LogP contribution in [-0.2, 0) is 16.1 Å². The molecule has 1 amide bonds. The van der Waals surface area contributed by atoms with Gasteiger partial charge in [-0.1, -0.05) is 17.7 Å². The van der Waals surface area contributed by atoms with Gasteiger partial charge in [-0.25, -0.2) is 4.39 Å². The fourth-order valence-electron chi connectivity index (χ4n) is 3.81. The monoisotopic (exact) mass is 383 g/mol. The summed E-state index contributed by atoms with van der Waals surface area (Å²) in [6.45, 7) is 4.05. The van der Waals surface area contributed by atoms with E-state index >= 15 is 0 Å². The van der Waals surface area contributed by atoms with Crippen LogP contribution in [0.25, 0.3) is 0 Å². The number of rotatable bonds is 6. The Hall–Kier alpha value is -1.21. The third kappa shape index (κ3) is 4.55. The summed E-state index contributed by atoms with van der Waals surface area (Å²) >= 11 is 6.13. The Balaban J connectivity index is 1.48. The van der Waals surface area contributed by atoms with Crippen molar-refractivity contribution < 1.29 is 13.9 Å². The number of primary amides is 1. The predicted octanol–water partition coefficient (Wildman–Crippen LogP) is 2.32. The molecule has 26 heavy (non-hydrogen) atoms. The van der Waals surface area contributed by atoms with E-state index in [1.54, 1.807) is 12.1 Å². The molecule has 1 aromatic rings. The molecule has 144 valence electrons. The number of carbonyl (C=O) groups excluding carboxylic acids is 1. The summed E-state index contributed by atoms with van der Waals surface area (Å²) in [5, 5.41) is 4.02. The maximum absolute atomic E-state index is 13.9. The molecule has 5 nitrogen and oxygen atoms in total. The minimum absolute atomic E-state index is 0.236. The maximum atomic E-state index is 13.9. The van der Waals surface area contributed by atoms with Crippen molar-refractivity contribution in [1.82, 2.24) is 10.2 Å². The number of nitrogens with one attached hydrogen (secondary N) is 1. The molecule has 2 saturated heterocycles. The van der Waals surface area contributed by atoms with Crippen molar-refractivity contribution in [3.63, 3.8) is 0 Å². The van der Waals surface area contributed by atoms with Gasteiger partial charge < -0.3 is 15.8 Å². The highest BCUT2D eigenvalue weighted by Gasteiger charge is 2.38. The van der Waals surface area contributed by atoms with Gasteiger partial charge in [0.1, 0.15) is 5.82 Å². The molecule has 0 aliphatic carbocycles. The van der Waals surface area contributed by atoms with E-state index in [9.17, 15) is 9.18 Å². The van der Waals surface area contributed by atoms with Crippen molar-refractivity contribution in [2.75, 3.05) is 32.8 Å². The zero-order chi connectivity index (χ0) is 18.6. The molecule has 2 aliphatic rings. The van der Waals surface area contributed by atoms with Gasteiger partial charge in [0, 0.05) is 42.9 Å². The topological polar surface area (TPSA) is 67.6 Å².